The standard InChI is InChI=1S/C13H25N3/c1-5-13(3,11-14-6-2)8-7-12-9-15-16(4)10-12/h9-10,14H,5-8,11H2,1-4H3. The maximum atomic E-state index is 4.21. The SMILES string of the molecule is CCNCC(C)(CC)CCc1cnn(C)c1. The summed E-state index contributed by atoms with van der Waals surface area (Å²) in [5.74, 6) is 0. The summed E-state index contributed by atoms with van der Waals surface area (Å²) in [4.78, 5) is 0. The van der Waals surface area contributed by atoms with Crippen molar-refractivity contribution in [3.63, 3.8) is 0 Å². The van der Waals surface area contributed by atoms with E-state index in [2.05, 4.69) is 37.4 Å². The van der Waals surface area contributed by atoms with Gasteiger partial charge in [0.1, 0.15) is 0 Å². The Morgan fingerprint density at radius 1 is 1.44 bits per heavy atom. The number of aromatic nitrogens is 2. The van der Waals surface area contributed by atoms with Crippen molar-refractivity contribution < 1.29 is 0 Å². The predicted octanol–water partition coefficient (Wildman–Crippen LogP) is 2.38. The third-order valence-electron chi connectivity index (χ3n) is 3.43. The minimum atomic E-state index is 0.409. The van der Waals surface area contributed by atoms with Crippen LogP contribution in [0.1, 0.15) is 39.2 Å². The first-order chi connectivity index (χ1) is 7.59. The van der Waals surface area contributed by atoms with Crippen molar-refractivity contribution in [2.75, 3.05) is 13.1 Å². The van der Waals surface area contributed by atoms with E-state index in [1.165, 1.54) is 18.4 Å². The summed E-state index contributed by atoms with van der Waals surface area (Å²) in [5, 5.41) is 7.67. The zero-order valence-electron chi connectivity index (χ0n) is 11.1. The second kappa shape index (κ2) is 6.04. The molecule has 0 radical (unpaired) electrons. The first-order valence-corrected chi connectivity index (χ1v) is 6.28. The Labute approximate surface area is 99.2 Å². The molecular formula is C13H25N3. The van der Waals surface area contributed by atoms with Crippen molar-refractivity contribution in [2.24, 2.45) is 12.5 Å². The van der Waals surface area contributed by atoms with Gasteiger partial charge in [0.15, 0.2) is 0 Å². The van der Waals surface area contributed by atoms with Crippen molar-refractivity contribution in [3.05, 3.63) is 18.0 Å². The van der Waals surface area contributed by atoms with Gasteiger partial charge in [-0.15, -0.1) is 0 Å². The molecule has 1 rings (SSSR count). The molecule has 3 heteroatoms. The van der Waals surface area contributed by atoms with Crippen LogP contribution in [0, 0.1) is 5.41 Å². The van der Waals surface area contributed by atoms with Gasteiger partial charge in [0, 0.05) is 19.8 Å². The van der Waals surface area contributed by atoms with Crippen LogP contribution in [0.3, 0.4) is 0 Å². The van der Waals surface area contributed by atoms with E-state index in [-0.39, 0.29) is 0 Å². The summed E-state index contributed by atoms with van der Waals surface area (Å²) < 4.78 is 1.88. The average molecular weight is 223 g/mol. The molecule has 3 nitrogen and oxygen atoms in total. The van der Waals surface area contributed by atoms with Crippen LogP contribution in [-0.4, -0.2) is 22.9 Å². The minimum Gasteiger partial charge on any atom is -0.316 e. The quantitative estimate of drug-likeness (QED) is 0.769. The first-order valence-electron chi connectivity index (χ1n) is 6.28. The Morgan fingerprint density at radius 3 is 2.69 bits per heavy atom. The number of hydrogen-bond acceptors (Lipinski definition) is 2. The Hall–Kier alpha value is -0.830. The van der Waals surface area contributed by atoms with Crippen molar-refractivity contribution in [3.8, 4) is 0 Å². The highest BCUT2D eigenvalue weighted by Gasteiger charge is 2.21. The highest BCUT2D eigenvalue weighted by atomic mass is 15.2. The van der Waals surface area contributed by atoms with Gasteiger partial charge in [-0.05, 0) is 36.8 Å². The van der Waals surface area contributed by atoms with Crippen LogP contribution in [0.25, 0.3) is 0 Å². The Kier molecular flexibility index (Phi) is 5.00. The Bertz CT molecular complexity index is 306. The van der Waals surface area contributed by atoms with Gasteiger partial charge in [0.2, 0.25) is 0 Å². The van der Waals surface area contributed by atoms with Gasteiger partial charge in [-0.1, -0.05) is 20.8 Å². The van der Waals surface area contributed by atoms with Gasteiger partial charge >= 0.3 is 0 Å². The van der Waals surface area contributed by atoms with Crippen LogP contribution in [0.5, 0.6) is 0 Å². The summed E-state index contributed by atoms with van der Waals surface area (Å²) in [6.07, 6.45) is 7.67. The molecule has 1 heterocycles. The fourth-order valence-corrected chi connectivity index (χ4v) is 1.86. The van der Waals surface area contributed by atoms with E-state index in [0.717, 1.165) is 19.5 Å². The minimum absolute atomic E-state index is 0.409. The molecule has 0 saturated carbocycles. The van der Waals surface area contributed by atoms with Gasteiger partial charge in [-0.2, -0.15) is 5.10 Å². The molecule has 0 aliphatic rings. The molecule has 1 atom stereocenters. The molecule has 0 saturated heterocycles. The lowest BCUT2D eigenvalue weighted by atomic mass is 9.82. The number of rotatable bonds is 7. The van der Waals surface area contributed by atoms with E-state index < -0.39 is 0 Å². The van der Waals surface area contributed by atoms with Crippen molar-refractivity contribution in [2.45, 2.75) is 40.0 Å². The van der Waals surface area contributed by atoms with Gasteiger partial charge < -0.3 is 5.32 Å². The first kappa shape index (κ1) is 13.2. The third kappa shape index (κ3) is 3.97. The second-order valence-corrected chi connectivity index (χ2v) is 4.97. The summed E-state index contributed by atoms with van der Waals surface area (Å²) in [6, 6.07) is 0. The van der Waals surface area contributed by atoms with Crippen molar-refractivity contribution >= 4 is 0 Å². The van der Waals surface area contributed by atoms with Gasteiger partial charge in [-0.3, -0.25) is 4.68 Å². The normalized spacial score (nSPS) is 15.0. The molecule has 0 aliphatic heterocycles. The fraction of sp³-hybridized carbons (Fsp3) is 0.769. The number of nitrogens with zero attached hydrogens (tertiary/aromatic N) is 2. The molecule has 1 aromatic rings. The lowest BCUT2D eigenvalue weighted by Gasteiger charge is -2.28. The zero-order valence-corrected chi connectivity index (χ0v) is 11.1. The molecule has 0 spiro atoms. The summed E-state index contributed by atoms with van der Waals surface area (Å²) >= 11 is 0. The molecule has 0 bridgehead atoms. The van der Waals surface area contributed by atoms with Gasteiger partial charge in [-0.25, -0.2) is 0 Å². The molecule has 1 N–H and O–H groups in total. The smallest absolute Gasteiger partial charge is 0.0521 e. The van der Waals surface area contributed by atoms with Crippen molar-refractivity contribution in [1.82, 2.24) is 15.1 Å². The third-order valence-corrected chi connectivity index (χ3v) is 3.43. The lowest BCUT2D eigenvalue weighted by molar-refractivity contribution is 0.272. The van der Waals surface area contributed by atoms with Crippen LogP contribution in [-0.2, 0) is 13.5 Å². The lowest BCUT2D eigenvalue weighted by Crippen LogP contribution is -2.31. The maximum Gasteiger partial charge on any atom is 0.0521 e. The van der Waals surface area contributed by atoms with E-state index in [0.29, 0.717) is 5.41 Å². The molecule has 0 amide bonds. The number of nitrogens with one attached hydrogen (secondary N) is 1. The van der Waals surface area contributed by atoms with Crippen molar-refractivity contribution in [1.29, 1.82) is 0 Å². The molecule has 92 valence electrons. The largest absolute Gasteiger partial charge is 0.316 e. The highest BCUT2D eigenvalue weighted by molar-refractivity contribution is 5.04. The summed E-state index contributed by atoms with van der Waals surface area (Å²) in [5.41, 5.74) is 1.75. The Morgan fingerprint density at radius 2 is 2.19 bits per heavy atom. The van der Waals surface area contributed by atoms with Crippen LogP contribution in [0.15, 0.2) is 12.4 Å². The van der Waals surface area contributed by atoms with E-state index in [1.54, 1.807) is 0 Å². The average Bonchev–Trinajstić information content (AvgIpc) is 2.70. The number of aryl methyl sites for hydroxylation is 2. The molecule has 16 heavy (non-hydrogen) atoms. The zero-order chi connectivity index (χ0) is 12.0. The van der Waals surface area contributed by atoms with E-state index in [4.69, 9.17) is 0 Å². The molecule has 0 aromatic carbocycles. The molecule has 0 aliphatic carbocycles. The second-order valence-electron chi connectivity index (χ2n) is 4.97. The summed E-state index contributed by atoms with van der Waals surface area (Å²) in [7, 11) is 1.97. The van der Waals surface area contributed by atoms with Gasteiger partial charge in [0.25, 0.3) is 0 Å². The fourth-order valence-electron chi connectivity index (χ4n) is 1.86. The van der Waals surface area contributed by atoms with Crippen LogP contribution in [0.4, 0.5) is 0 Å². The summed E-state index contributed by atoms with van der Waals surface area (Å²) in [6.45, 7) is 8.98. The molecule has 1 unspecified atom stereocenters. The van der Waals surface area contributed by atoms with Gasteiger partial charge in [0.05, 0.1) is 6.20 Å². The molecule has 1 aromatic heterocycles. The topological polar surface area (TPSA) is 29.9 Å². The predicted molar refractivity (Wildman–Crippen MR) is 68.5 cm³/mol. The monoisotopic (exact) mass is 223 g/mol. The molecule has 0 fully saturated rings. The number of hydrogen-bond donors (Lipinski definition) is 1. The van der Waals surface area contributed by atoms with E-state index in [9.17, 15) is 0 Å². The Balaban J connectivity index is 2.44. The molecular weight excluding hydrogens is 198 g/mol. The van der Waals surface area contributed by atoms with E-state index in [1.807, 2.05) is 17.9 Å². The van der Waals surface area contributed by atoms with Crippen LogP contribution in [0.2, 0.25) is 0 Å². The van der Waals surface area contributed by atoms with Crippen LogP contribution < -0.4 is 5.32 Å². The van der Waals surface area contributed by atoms with Crippen LogP contribution >= 0.6 is 0 Å². The van der Waals surface area contributed by atoms with E-state index >= 15 is 0 Å². The highest BCUT2D eigenvalue weighted by Crippen LogP contribution is 2.26. The maximum absolute atomic E-state index is 4.21.